The molecule has 2 N–H and O–H groups in total. The Labute approximate surface area is 195 Å². The van der Waals surface area contributed by atoms with E-state index < -0.39 is 17.9 Å². The van der Waals surface area contributed by atoms with E-state index >= 15 is 0 Å². The van der Waals surface area contributed by atoms with E-state index in [9.17, 15) is 18.0 Å². The zero-order valence-corrected chi connectivity index (χ0v) is 19.3. The van der Waals surface area contributed by atoms with Crippen LogP contribution in [-0.4, -0.2) is 59.8 Å². The van der Waals surface area contributed by atoms with Crippen molar-refractivity contribution in [1.29, 1.82) is 0 Å². The molecule has 2 aromatic heterocycles. The van der Waals surface area contributed by atoms with Crippen molar-refractivity contribution in [3.63, 3.8) is 0 Å². The summed E-state index contributed by atoms with van der Waals surface area (Å²) in [6.07, 6.45) is -2.08. The molecule has 1 aliphatic heterocycles. The monoisotopic (exact) mass is 480 g/mol. The minimum Gasteiger partial charge on any atom is -0.492 e. The second kappa shape index (κ2) is 9.24. The van der Waals surface area contributed by atoms with E-state index in [4.69, 9.17) is 9.47 Å². The maximum atomic E-state index is 12.6. The predicted molar refractivity (Wildman–Crippen MR) is 119 cm³/mol. The molecule has 2 aliphatic rings. The lowest BCUT2D eigenvalue weighted by molar-refractivity contribution is -0.141. The molecule has 2 aromatic rings. The summed E-state index contributed by atoms with van der Waals surface area (Å²) in [5.41, 5.74) is 0.300. The van der Waals surface area contributed by atoms with Gasteiger partial charge in [-0.05, 0) is 44.7 Å². The van der Waals surface area contributed by atoms with Gasteiger partial charge in [0.25, 0.3) is 0 Å². The van der Waals surface area contributed by atoms with Gasteiger partial charge in [0.05, 0.1) is 24.6 Å². The summed E-state index contributed by atoms with van der Waals surface area (Å²) in [4.78, 5) is 26.8. The SMILES string of the molecule is COC(C)[C@H]1C(=O)Nc2c(C)nc(NC3CC(COc4ccc(C(F)(F)F)nc4)C3)nc2N1C. The summed E-state index contributed by atoms with van der Waals surface area (Å²) in [5, 5.41) is 6.21. The number of methoxy groups -OCH3 is 1. The third-order valence-corrected chi connectivity index (χ3v) is 6.24. The van der Waals surface area contributed by atoms with E-state index in [-0.39, 0.29) is 24.0 Å². The second-order valence-corrected chi connectivity index (χ2v) is 8.68. The number of aryl methyl sites for hydroxylation is 1. The molecule has 0 bridgehead atoms. The molecule has 1 saturated carbocycles. The average Bonchev–Trinajstić information content (AvgIpc) is 2.75. The first-order chi connectivity index (χ1) is 16.1. The fourth-order valence-electron chi connectivity index (χ4n) is 4.21. The highest BCUT2D eigenvalue weighted by Crippen LogP contribution is 2.35. The number of aromatic nitrogens is 3. The zero-order valence-electron chi connectivity index (χ0n) is 19.3. The molecule has 0 radical (unpaired) electrons. The van der Waals surface area contributed by atoms with Crippen molar-refractivity contribution < 1.29 is 27.4 Å². The van der Waals surface area contributed by atoms with E-state index in [1.54, 1.807) is 19.1 Å². The topological polar surface area (TPSA) is 102 Å². The van der Waals surface area contributed by atoms with Gasteiger partial charge in [-0.15, -0.1) is 0 Å². The Hall–Kier alpha value is -3.15. The molecular weight excluding hydrogens is 453 g/mol. The number of nitrogens with zero attached hydrogens (tertiary/aromatic N) is 4. The molecule has 3 heterocycles. The summed E-state index contributed by atoms with van der Waals surface area (Å²) in [6.45, 7) is 4.03. The van der Waals surface area contributed by atoms with E-state index in [1.807, 2.05) is 13.8 Å². The Bertz CT molecular complexity index is 1040. The number of pyridine rings is 1. The number of hydrogen-bond donors (Lipinski definition) is 2. The number of likely N-dealkylation sites (N-methyl/N-ethyl adjacent to an activating group) is 1. The molecule has 184 valence electrons. The average molecular weight is 480 g/mol. The fraction of sp³-hybridized carbons (Fsp3) is 0.545. The molecule has 9 nitrogen and oxygen atoms in total. The van der Waals surface area contributed by atoms with Crippen molar-refractivity contribution in [2.75, 3.05) is 36.3 Å². The number of alkyl halides is 3. The molecule has 1 aliphatic carbocycles. The quantitative estimate of drug-likeness (QED) is 0.623. The van der Waals surface area contributed by atoms with Crippen LogP contribution in [-0.2, 0) is 15.7 Å². The van der Waals surface area contributed by atoms with E-state index in [2.05, 4.69) is 25.6 Å². The maximum Gasteiger partial charge on any atom is 0.433 e. The van der Waals surface area contributed by atoms with E-state index in [0.717, 1.165) is 25.1 Å². The standard InChI is InChI=1S/C22H27F3N6O3/c1-11-17-19(31(3)18(12(2)33-4)20(32)29-17)30-21(27-11)28-14-7-13(8-14)10-34-15-5-6-16(26-9-15)22(23,24)25/h5-6,9,12-14,18H,7-8,10H2,1-4H3,(H,29,32)(H,27,28,30)/t12?,13?,14?,18-/m0/s1. The Morgan fingerprint density at radius 1 is 1.29 bits per heavy atom. The normalized spacial score (nSPS) is 23.0. The summed E-state index contributed by atoms with van der Waals surface area (Å²) in [7, 11) is 3.37. The number of fused-ring (bicyclic) bond motifs is 1. The largest absolute Gasteiger partial charge is 0.492 e. The van der Waals surface area contributed by atoms with Gasteiger partial charge in [0.1, 0.15) is 23.2 Å². The molecule has 34 heavy (non-hydrogen) atoms. The van der Waals surface area contributed by atoms with Crippen molar-refractivity contribution in [2.24, 2.45) is 5.92 Å². The molecular formula is C22H27F3N6O3. The van der Waals surface area contributed by atoms with Crippen LogP contribution in [0.3, 0.4) is 0 Å². The highest BCUT2D eigenvalue weighted by Gasteiger charge is 2.38. The number of nitrogens with one attached hydrogen (secondary N) is 2. The summed E-state index contributed by atoms with van der Waals surface area (Å²) in [6, 6.07) is 1.83. The van der Waals surface area contributed by atoms with Crippen LogP contribution in [0.15, 0.2) is 18.3 Å². The van der Waals surface area contributed by atoms with Crippen LogP contribution in [0.4, 0.5) is 30.6 Å². The Balaban J connectivity index is 1.32. The number of halogens is 3. The first-order valence-electron chi connectivity index (χ1n) is 10.9. The minimum absolute atomic E-state index is 0.147. The van der Waals surface area contributed by atoms with Gasteiger partial charge in [-0.25, -0.2) is 9.97 Å². The van der Waals surface area contributed by atoms with Crippen molar-refractivity contribution in [1.82, 2.24) is 15.0 Å². The van der Waals surface area contributed by atoms with Gasteiger partial charge < -0.3 is 25.0 Å². The number of ether oxygens (including phenoxy) is 2. The van der Waals surface area contributed by atoms with Crippen LogP contribution < -0.4 is 20.3 Å². The third kappa shape index (κ3) is 4.86. The van der Waals surface area contributed by atoms with Crippen LogP contribution in [0.1, 0.15) is 31.2 Å². The van der Waals surface area contributed by atoms with Gasteiger partial charge in [0.2, 0.25) is 11.9 Å². The van der Waals surface area contributed by atoms with E-state index in [0.29, 0.717) is 35.5 Å². The maximum absolute atomic E-state index is 12.6. The van der Waals surface area contributed by atoms with Gasteiger partial charge in [0.15, 0.2) is 5.82 Å². The highest BCUT2D eigenvalue weighted by molar-refractivity contribution is 6.03. The van der Waals surface area contributed by atoms with Crippen molar-refractivity contribution in [2.45, 2.75) is 51.1 Å². The van der Waals surface area contributed by atoms with Gasteiger partial charge in [-0.1, -0.05) is 0 Å². The number of hydrogen-bond acceptors (Lipinski definition) is 8. The number of carbonyl (C=O) groups is 1. The van der Waals surface area contributed by atoms with Crippen LogP contribution >= 0.6 is 0 Å². The van der Waals surface area contributed by atoms with E-state index in [1.165, 1.54) is 6.07 Å². The smallest absolute Gasteiger partial charge is 0.433 e. The second-order valence-electron chi connectivity index (χ2n) is 8.68. The summed E-state index contributed by atoms with van der Waals surface area (Å²) >= 11 is 0. The van der Waals surface area contributed by atoms with Gasteiger partial charge in [0, 0.05) is 20.2 Å². The van der Waals surface area contributed by atoms with Crippen LogP contribution in [0.2, 0.25) is 0 Å². The lowest BCUT2D eigenvalue weighted by Crippen LogP contribution is -2.53. The van der Waals surface area contributed by atoms with Crippen LogP contribution in [0.25, 0.3) is 0 Å². The molecule has 12 heteroatoms. The third-order valence-electron chi connectivity index (χ3n) is 6.24. The molecule has 0 saturated heterocycles. The number of anilines is 3. The molecule has 1 amide bonds. The Morgan fingerprint density at radius 3 is 2.65 bits per heavy atom. The first-order valence-corrected chi connectivity index (χ1v) is 10.9. The fourth-order valence-corrected chi connectivity index (χ4v) is 4.21. The highest BCUT2D eigenvalue weighted by atomic mass is 19.4. The zero-order chi connectivity index (χ0) is 24.6. The number of amides is 1. The van der Waals surface area contributed by atoms with Crippen LogP contribution in [0.5, 0.6) is 5.75 Å². The number of carbonyl (C=O) groups excluding carboxylic acids is 1. The van der Waals surface area contributed by atoms with Gasteiger partial charge in [-0.3, -0.25) is 4.79 Å². The Kier molecular flexibility index (Phi) is 6.52. The van der Waals surface area contributed by atoms with Crippen molar-refractivity contribution in [3.05, 3.63) is 29.7 Å². The van der Waals surface area contributed by atoms with Gasteiger partial charge in [-0.2, -0.15) is 18.2 Å². The molecule has 1 unspecified atom stereocenters. The van der Waals surface area contributed by atoms with Crippen LogP contribution in [0, 0.1) is 12.8 Å². The molecule has 4 rings (SSSR count). The molecule has 2 atom stereocenters. The van der Waals surface area contributed by atoms with Crippen molar-refractivity contribution >= 4 is 23.4 Å². The predicted octanol–water partition coefficient (Wildman–Crippen LogP) is 3.26. The first kappa shape index (κ1) is 24.0. The van der Waals surface area contributed by atoms with Gasteiger partial charge >= 0.3 is 6.18 Å². The Morgan fingerprint density at radius 2 is 2.03 bits per heavy atom. The lowest BCUT2D eigenvalue weighted by Gasteiger charge is -2.38. The summed E-state index contributed by atoms with van der Waals surface area (Å²) in [5.74, 6) is 1.49. The molecule has 1 fully saturated rings. The molecule has 0 spiro atoms. The minimum atomic E-state index is -4.47. The lowest BCUT2D eigenvalue weighted by atomic mass is 9.81. The van der Waals surface area contributed by atoms with Crippen molar-refractivity contribution in [3.8, 4) is 5.75 Å². The summed E-state index contributed by atoms with van der Waals surface area (Å²) < 4.78 is 48.7. The molecule has 0 aromatic carbocycles. The number of rotatable bonds is 7.